The van der Waals surface area contributed by atoms with Gasteiger partial charge in [0.25, 0.3) is 0 Å². The van der Waals surface area contributed by atoms with E-state index in [1.54, 1.807) is 4.90 Å². The van der Waals surface area contributed by atoms with Crippen LogP contribution in [0, 0.1) is 5.92 Å². The maximum atomic E-state index is 14.7. The highest BCUT2D eigenvalue weighted by molar-refractivity contribution is 5.68. The van der Waals surface area contributed by atoms with Crippen molar-refractivity contribution in [1.82, 2.24) is 4.90 Å². The number of likely N-dealkylation sites (tertiary alicyclic amines) is 1. The summed E-state index contributed by atoms with van der Waals surface area (Å²) < 4.78 is 20.0. The van der Waals surface area contributed by atoms with Gasteiger partial charge in [-0.25, -0.2) is 9.18 Å². The maximum Gasteiger partial charge on any atom is 0.410 e. The third-order valence-corrected chi connectivity index (χ3v) is 3.72. The lowest BCUT2D eigenvalue weighted by Gasteiger charge is -2.42. The molecule has 0 radical (unpaired) electrons. The first-order valence-corrected chi connectivity index (χ1v) is 7.09. The van der Waals surface area contributed by atoms with Gasteiger partial charge >= 0.3 is 6.09 Å². The minimum atomic E-state index is -1.20. The highest BCUT2D eigenvalue weighted by Crippen LogP contribution is 2.37. The van der Waals surface area contributed by atoms with Gasteiger partial charge in [-0.3, -0.25) is 0 Å². The molecule has 1 heterocycles. The van der Waals surface area contributed by atoms with Crippen LogP contribution in [-0.2, 0) is 4.74 Å². The first-order chi connectivity index (χ1) is 8.72. The van der Waals surface area contributed by atoms with E-state index < -0.39 is 11.3 Å². The molecule has 5 heteroatoms. The Labute approximate surface area is 115 Å². The molecule has 0 bridgehead atoms. The molecule has 0 aromatic carbocycles. The molecule has 1 amide bonds. The van der Waals surface area contributed by atoms with Crippen LogP contribution in [0.2, 0.25) is 0 Å². The Morgan fingerprint density at radius 2 is 2.16 bits per heavy atom. The fraction of sp³-hybridized carbons (Fsp3) is 0.929. The monoisotopic (exact) mass is 274 g/mol. The average Bonchev–Trinajstić information content (AvgIpc) is 2.30. The molecule has 1 rings (SSSR count). The first-order valence-electron chi connectivity index (χ1n) is 7.09. The number of nitrogens with two attached hydrogens (primary N) is 1. The number of piperidine rings is 1. The molecule has 0 aromatic rings. The predicted octanol–water partition coefficient (Wildman–Crippen LogP) is 2.71. The molecule has 1 saturated heterocycles. The zero-order chi connectivity index (χ0) is 14.7. The van der Waals surface area contributed by atoms with Crippen molar-refractivity contribution < 1.29 is 13.9 Å². The summed E-state index contributed by atoms with van der Waals surface area (Å²) in [4.78, 5) is 13.6. The quantitative estimate of drug-likeness (QED) is 0.861. The van der Waals surface area contributed by atoms with Crippen LogP contribution in [0.4, 0.5) is 9.18 Å². The van der Waals surface area contributed by atoms with E-state index in [-0.39, 0.29) is 12.0 Å². The Kier molecular flexibility index (Phi) is 5.18. The van der Waals surface area contributed by atoms with Gasteiger partial charge in [-0.05, 0) is 46.6 Å². The van der Waals surface area contributed by atoms with Crippen LogP contribution in [0.25, 0.3) is 0 Å². The minimum absolute atomic E-state index is 0.191. The number of rotatable bonds is 3. The Hall–Kier alpha value is -0.840. The summed E-state index contributed by atoms with van der Waals surface area (Å²) in [5.74, 6) is -0.191. The Balaban J connectivity index is 2.68. The Morgan fingerprint density at radius 3 is 2.63 bits per heavy atom. The van der Waals surface area contributed by atoms with E-state index in [0.29, 0.717) is 38.9 Å². The standard InChI is InChI=1S/C14H27FN2O2/c1-5-14(15)7-9-17(10-11(14)6-8-16)12(18)19-13(2,3)4/h11H,5-10,16H2,1-4H3. The molecule has 2 N–H and O–H groups in total. The van der Waals surface area contributed by atoms with Gasteiger partial charge in [-0.15, -0.1) is 0 Å². The van der Waals surface area contributed by atoms with Gasteiger partial charge < -0.3 is 15.4 Å². The molecule has 2 unspecified atom stereocenters. The third-order valence-electron chi connectivity index (χ3n) is 3.72. The van der Waals surface area contributed by atoms with E-state index in [1.165, 1.54) is 0 Å². The molecule has 1 fully saturated rings. The molecule has 1 aliphatic rings. The zero-order valence-electron chi connectivity index (χ0n) is 12.5. The van der Waals surface area contributed by atoms with Crippen molar-refractivity contribution in [3.05, 3.63) is 0 Å². The van der Waals surface area contributed by atoms with Crippen molar-refractivity contribution in [2.24, 2.45) is 11.7 Å². The van der Waals surface area contributed by atoms with Crippen molar-refractivity contribution in [2.45, 2.75) is 58.2 Å². The fourth-order valence-electron chi connectivity index (χ4n) is 2.55. The van der Waals surface area contributed by atoms with E-state index in [4.69, 9.17) is 10.5 Å². The van der Waals surface area contributed by atoms with Crippen LogP contribution < -0.4 is 5.73 Å². The normalized spacial score (nSPS) is 28.3. The van der Waals surface area contributed by atoms with E-state index in [0.717, 1.165) is 0 Å². The summed E-state index contributed by atoms with van der Waals surface area (Å²) in [7, 11) is 0. The van der Waals surface area contributed by atoms with Gasteiger partial charge in [0.05, 0.1) is 0 Å². The van der Waals surface area contributed by atoms with Gasteiger partial charge in [0, 0.05) is 19.0 Å². The van der Waals surface area contributed by atoms with Crippen LogP contribution in [0.15, 0.2) is 0 Å². The van der Waals surface area contributed by atoms with Gasteiger partial charge in [-0.1, -0.05) is 6.92 Å². The summed E-state index contributed by atoms with van der Waals surface area (Å²) in [6, 6.07) is 0. The lowest BCUT2D eigenvalue weighted by atomic mass is 9.79. The van der Waals surface area contributed by atoms with Crippen molar-refractivity contribution in [3.8, 4) is 0 Å². The molecular weight excluding hydrogens is 247 g/mol. The Morgan fingerprint density at radius 1 is 1.53 bits per heavy atom. The van der Waals surface area contributed by atoms with Gasteiger partial charge in [0.1, 0.15) is 11.3 Å². The van der Waals surface area contributed by atoms with Crippen LogP contribution in [0.5, 0.6) is 0 Å². The van der Waals surface area contributed by atoms with Crippen LogP contribution >= 0.6 is 0 Å². The van der Waals surface area contributed by atoms with E-state index >= 15 is 0 Å². The molecule has 4 nitrogen and oxygen atoms in total. The number of hydrogen-bond acceptors (Lipinski definition) is 3. The topological polar surface area (TPSA) is 55.6 Å². The second-order valence-corrected chi connectivity index (χ2v) is 6.34. The number of amides is 1. The first kappa shape index (κ1) is 16.2. The third kappa shape index (κ3) is 4.34. The van der Waals surface area contributed by atoms with Crippen LogP contribution in [0.1, 0.15) is 47.0 Å². The fourth-order valence-corrected chi connectivity index (χ4v) is 2.55. The van der Waals surface area contributed by atoms with Crippen molar-refractivity contribution in [2.75, 3.05) is 19.6 Å². The largest absolute Gasteiger partial charge is 0.444 e. The number of alkyl halides is 1. The SMILES string of the molecule is CCC1(F)CCN(C(=O)OC(C)(C)C)CC1CCN. The lowest BCUT2D eigenvalue weighted by Crippen LogP contribution is -2.52. The van der Waals surface area contributed by atoms with Gasteiger partial charge in [0.15, 0.2) is 0 Å². The molecule has 0 aliphatic carbocycles. The molecule has 0 spiro atoms. The summed E-state index contributed by atoms with van der Waals surface area (Å²) in [5, 5.41) is 0. The molecule has 2 atom stereocenters. The Bertz CT molecular complexity index is 317. The molecule has 19 heavy (non-hydrogen) atoms. The van der Waals surface area contributed by atoms with E-state index in [2.05, 4.69) is 0 Å². The highest BCUT2D eigenvalue weighted by Gasteiger charge is 2.43. The second kappa shape index (κ2) is 6.07. The lowest BCUT2D eigenvalue weighted by molar-refractivity contribution is -0.0273. The van der Waals surface area contributed by atoms with Gasteiger partial charge in [0.2, 0.25) is 0 Å². The van der Waals surface area contributed by atoms with Crippen LogP contribution in [0.3, 0.4) is 0 Å². The van der Waals surface area contributed by atoms with E-state index in [9.17, 15) is 9.18 Å². The second-order valence-electron chi connectivity index (χ2n) is 6.34. The summed E-state index contributed by atoms with van der Waals surface area (Å²) >= 11 is 0. The van der Waals surface area contributed by atoms with E-state index in [1.807, 2.05) is 27.7 Å². The molecule has 0 aromatic heterocycles. The number of ether oxygens (including phenoxy) is 1. The number of halogens is 1. The zero-order valence-corrected chi connectivity index (χ0v) is 12.5. The van der Waals surface area contributed by atoms with Crippen molar-refractivity contribution >= 4 is 6.09 Å². The number of hydrogen-bond donors (Lipinski definition) is 1. The van der Waals surface area contributed by atoms with Gasteiger partial charge in [-0.2, -0.15) is 0 Å². The summed E-state index contributed by atoms with van der Waals surface area (Å²) in [6.45, 7) is 8.61. The molecule has 1 aliphatic heterocycles. The highest BCUT2D eigenvalue weighted by atomic mass is 19.1. The number of nitrogens with zero attached hydrogens (tertiary/aromatic N) is 1. The molecule has 112 valence electrons. The molecule has 0 saturated carbocycles. The molecular formula is C14H27FN2O2. The average molecular weight is 274 g/mol. The predicted molar refractivity (Wildman–Crippen MR) is 73.7 cm³/mol. The minimum Gasteiger partial charge on any atom is -0.444 e. The summed E-state index contributed by atoms with van der Waals surface area (Å²) in [5.41, 5.74) is 3.84. The van der Waals surface area contributed by atoms with Crippen molar-refractivity contribution in [1.29, 1.82) is 0 Å². The number of carbonyl (C=O) groups excluding carboxylic acids is 1. The maximum absolute atomic E-state index is 14.7. The van der Waals surface area contributed by atoms with Crippen molar-refractivity contribution in [3.63, 3.8) is 0 Å². The summed E-state index contributed by atoms with van der Waals surface area (Å²) in [6.07, 6.45) is 1.09. The van der Waals surface area contributed by atoms with Crippen LogP contribution in [-0.4, -0.2) is 41.9 Å². The smallest absolute Gasteiger partial charge is 0.410 e. The number of carbonyl (C=O) groups is 1.